The van der Waals surface area contributed by atoms with Gasteiger partial charge in [0.15, 0.2) is 5.75 Å². The highest BCUT2D eigenvalue weighted by atomic mass is 16.3. The number of rotatable bonds is 6. The molecule has 4 heterocycles. The Morgan fingerprint density at radius 3 is 1.00 bits per heavy atom. The number of carbonyl (C=O) groups excluding carboxylic acids is 8. The summed E-state index contributed by atoms with van der Waals surface area (Å²) in [7, 11) is 0. The molecular weight excluding hydrogens is 588 g/mol. The van der Waals surface area contributed by atoms with Gasteiger partial charge in [-0.15, -0.1) is 0 Å². The van der Waals surface area contributed by atoms with E-state index in [1.807, 2.05) is 0 Å². The van der Waals surface area contributed by atoms with Gasteiger partial charge in [0.2, 0.25) is 0 Å². The van der Waals surface area contributed by atoms with Crippen LogP contribution in [-0.4, -0.2) is 57.5 Å². The van der Waals surface area contributed by atoms with Gasteiger partial charge >= 0.3 is 0 Å². The fraction of sp³-hybridized carbons (Fsp3) is 0.0968. The molecule has 224 valence electrons. The Morgan fingerprint density at radius 2 is 0.711 bits per heavy atom. The quantitative estimate of drug-likeness (QED) is 0.450. The third kappa shape index (κ3) is 4.11. The highest BCUT2D eigenvalue weighted by Crippen LogP contribution is 2.59. The van der Waals surface area contributed by atoms with Gasteiger partial charge in [0.05, 0.1) is 11.4 Å². The second-order valence-corrected chi connectivity index (χ2v) is 10.7. The second-order valence-electron chi connectivity index (χ2n) is 10.7. The minimum atomic E-state index is -1.56. The van der Waals surface area contributed by atoms with E-state index >= 15 is 0 Å². The number of carbonyl (C=O) groups is 8. The zero-order chi connectivity index (χ0) is 32.5. The molecule has 0 radical (unpaired) electrons. The summed E-state index contributed by atoms with van der Waals surface area (Å²) in [6.45, 7) is 3.06. The number of benzene rings is 2. The predicted octanol–water partition coefficient (Wildman–Crippen LogP) is 1.14. The van der Waals surface area contributed by atoms with Crippen LogP contribution in [0.3, 0.4) is 0 Å². The van der Waals surface area contributed by atoms with E-state index in [0.717, 1.165) is 48.6 Å². The lowest BCUT2D eigenvalue weighted by Crippen LogP contribution is -2.42. The number of phenols is 2. The van der Waals surface area contributed by atoms with Crippen LogP contribution in [0.15, 0.2) is 72.9 Å². The first-order valence-corrected chi connectivity index (χ1v) is 13.2. The van der Waals surface area contributed by atoms with E-state index in [9.17, 15) is 48.6 Å². The van der Waals surface area contributed by atoms with Gasteiger partial charge in [0.1, 0.15) is 17.1 Å². The fourth-order valence-electron chi connectivity index (χ4n) is 5.64. The first-order valence-electron chi connectivity index (χ1n) is 13.2. The molecular formula is C31H20N4O10. The fourth-order valence-corrected chi connectivity index (χ4v) is 5.64. The van der Waals surface area contributed by atoms with Crippen LogP contribution in [0.4, 0.5) is 22.7 Å². The standard InChI is InChI=1S/C31H20N4O10/c1-31(2,15-3-5-16(36)6-4-15)25-26(32-17(37)7-8-18(32)38)28(34-21(41)11-12-22(34)42)30(45)29(35-23(43)13-14-24(35)44)27(25)33-19(39)9-10-20(33)40/h3-14,36,45H,1-2H3. The van der Waals surface area contributed by atoms with Crippen molar-refractivity contribution in [3.63, 3.8) is 0 Å². The lowest BCUT2D eigenvalue weighted by atomic mass is 9.74. The smallest absolute Gasteiger partial charge is 0.258 e. The van der Waals surface area contributed by atoms with Crippen molar-refractivity contribution in [2.45, 2.75) is 19.3 Å². The van der Waals surface area contributed by atoms with E-state index in [1.165, 1.54) is 38.1 Å². The minimum absolute atomic E-state index is 0.135. The summed E-state index contributed by atoms with van der Waals surface area (Å²) >= 11 is 0. The number of phenolic OH excluding ortho intramolecular Hbond substituents is 2. The molecule has 0 saturated carbocycles. The average Bonchev–Trinajstić information content (AvgIpc) is 3.71. The van der Waals surface area contributed by atoms with E-state index < -0.39 is 81.2 Å². The highest BCUT2D eigenvalue weighted by molar-refractivity contribution is 6.39. The molecule has 14 heteroatoms. The van der Waals surface area contributed by atoms with Gasteiger partial charge in [0, 0.05) is 59.6 Å². The molecule has 0 fully saturated rings. The summed E-state index contributed by atoms with van der Waals surface area (Å²) in [5.41, 5.74) is -4.18. The number of imide groups is 4. The summed E-state index contributed by atoms with van der Waals surface area (Å²) in [6, 6.07) is 5.53. The second kappa shape index (κ2) is 9.80. The van der Waals surface area contributed by atoms with Crippen molar-refractivity contribution in [2.24, 2.45) is 0 Å². The van der Waals surface area contributed by atoms with Crippen LogP contribution < -0.4 is 19.6 Å². The molecule has 8 amide bonds. The Labute approximate surface area is 253 Å². The van der Waals surface area contributed by atoms with Crippen LogP contribution in [0.25, 0.3) is 0 Å². The molecule has 0 atom stereocenters. The van der Waals surface area contributed by atoms with Crippen molar-refractivity contribution in [1.29, 1.82) is 0 Å². The largest absolute Gasteiger partial charge is 0.508 e. The lowest BCUT2D eigenvalue weighted by Gasteiger charge is -2.39. The molecule has 14 nitrogen and oxygen atoms in total. The summed E-state index contributed by atoms with van der Waals surface area (Å²) in [6.07, 6.45) is 7.02. The van der Waals surface area contributed by atoms with Crippen molar-refractivity contribution < 1.29 is 48.6 Å². The average molecular weight is 609 g/mol. The van der Waals surface area contributed by atoms with Crippen LogP contribution in [0.2, 0.25) is 0 Å². The normalized spacial score (nSPS) is 18.0. The molecule has 0 bridgehead atoms. The molecule has 6 rings (SSSR count). The number of anilines is 4. The topological polar surface area (TPSA) is 190 Å². The van der Waals surface area contributed by atoms with Gasteiger partial charge in [0.25, 0.3) is 47.3 Å². The molecule has 0 saturated heterocycles. The van der Waals surface area contributed by atoms with Crippen molar-refractivity contribution in [3.05, 3.63) is 84.0 Å². The van der Waals surface area contributed by atoms with E-state index in [0.29, 0.717) is 25.2 Å². The van der Waals surface area contributed by atoms with E-state index in [4.69, 9.17) is 0 Å². The number of amides is 8. The molecule has 0 spiro atoms. The molecule has 0 aliphatic carbocycles. The van der Waals surface area contributed by atoms with Crippen molar-refractivity contribution >= 4 is 70.0 Å². The highest BCUT2D eigenvalue weighted by Gasteiger charge is 2.49. The predicted molar refractivity (Wildman–Crippen MR) is 155 cm³/mol. The minimum Gasteiger partial charge on any atom is -0.508 e. The van der Waals surface area contributed by atoms with Crippen LogP contribution in [0, 0.1) is 0 Å². The molecule has 4 aliphatic heterocycles. The third-order valence-electron chi connectivity index (χ3n) is 7.72. The Morgan fingerprint density at radius 1 is 0.444 bits per heavy atom. The van der Waals surface area contributed by atoms with Gasteiger partial charge in [-0.3, -0.25) is 38.4 Å². The molecule has 0 aromatic heterocycles. The van der Waals surface area contributed by atoms with Crippen molar-refractivity contribution in [3.8, 4) is 11.5 Å². The van der Waals surface area contributed by atoms with E-state index in [-0.39, 0.29) is 11.3 Å². The van der Waals surface area contributed by atoms with Crippen LogP contribution in [0.1, 0.15) is 25.0 Å². The van der Waals surface area contributed by atoms with Gasteiger partial charge in [-0.05, 0) is 17.7 Å². The number of nitrogens with zero attached hydrogens (tertiary/aromatic N) is 4. The van der Waals surface area contributed by atoms with Crippen molar-refractivity contribution in [2.75, 3.05) is 19.6 Å². The van der Waals surface area contributed by atoms with Gasteiger partial charge in [-0.1, -0.05) is 26.0 Å². The Kier molecular flexibility index (Phi) is 6.25. The molecule has 2 aromatic rings. The number of hydrogen-bond donors (Lipinski definition) is 2. The summed E-state index contributed by atoms with van der Waals surface area (Å²) in [5, 5.41) is 22.0. The molecule has 45 heavy (non-hydrogen) atoms. The Hall–Kier alpha value is -6.44. The van der Waals surface area contributed by atoms with E-state index in [2.05, 4.69) is 0 Å². The zero-order valence-electron chi connectivity index (χ0n) is 23.4. The Bertz CT molecular complexity index is 1780. The maximum atomic E-state index is 13.3. The van der Waals surface area contributed by atoms with Crippen LogP contribution >= 0.6 is 0 Å². The molecule has 0 unspecified atom stereocenters. The summed E-state index contributed by atoms with van der Waals surface area (Å²) < 4.78 is 0. The molecule has 4 aliphatic rings. The third-order valence-corrected chi connectivity index (χ3v) is 7.72. The lowest BCUT2D eigenvalue weighted by molar-refractivity contribution is -0.122. The molecule has 2 aromatic carbocycles. The van der Waals surface area contributed by atoms with E-state index in [1.54, 1.807) is 0 Å². The van der Waals surface area contributed by atoms with Crippen LogP contribution in [0.5, 0.6) is 11.5 Å². The van der Waals surface area contributed by atoms with Crippen molar-refractivity contribution in [1.82, 2.24) is 0 Å². The van der Waals surface area contributed by atoms with Crippen LogP contribution in [-0.2, 0) is 43.8 Å². The zero-order valence-corrected chi connectivity index (χ0v) is 23.4. The summed E-state index contributed by atoms with van der Waals surface area (Å²) in [5.74, 6) is -9.20. The van der Waals surface area contributed by atoms with Gasteiger partial charge in [-0.25, -0.2) is 19.6 Å². The number of hydrogen-bond acceptors (Lipinski definition) is 10. The first-order chi connectivity index (χ1) is 21.2. The summed E-state index contributed by atoms with van der Waals surface area (Å²) in [4.78, 5) is 108. The maximum absolute atomic E-state index is 13.3. The van der Waals surface area contributed by atoms with Gasteiger partial charge in [-0.2, -0.15) is 0 Å². The maximum Gasteiger partial charge on any atom is 0.258 e. The first kappa shape index (κ1) is 28.7. The Balaban J connectivity index is 1.88. The number of aromatic hydroxyl groups is 2. The van der Waals surface area contributed by atoms with Gasteiger partial charge < -0.3 is 10.2 Å². The molecule has 2 N–H and O–H groups in total. The monoisotopic (exact) mass is 608 g/mol. The SMILES string of the molecule is CC(C)(c1ccc(O)cc1)c1c(N2C(=O)C=CC2=O)c(N2C(=O)C=CC2=O)c(O)c(N2C(=O)C=CC2=O)c1N1C(=O)C=CC1=O.